The molecule has 0 radical (unpaired) electrons. The molecule has 0 saturated carbocycles. The van der Waals surface area contributed by atoms with Crippen LogP contribution in [0.25, 0.3) is 0 Å². The molecule has 1 atom stereocenters. The number of hydrogen-bond donors (Lipinski definition) is 2. The SMILES string of the molecule is CC(NOCC(N)=O)c1ccc(Cl)s1. The second-order valence-electron chi connectivity index (χ2n) is 2.74. The molecule has 6 heteroatoms. The van der Waals surface area contributed by atoms with E-state index in [2.05, 4.69) is 5.48 Å². The van der Waals surface area contributed by atoms with E-state index in [1.807, 2.05) is 19.1 Å². The van der Waals surface area contributed by atoms with Gasteiger partial charge in [0.05, 0.1) is 10.4 Å². The molecule has 1 aromatic heterocycles. The Balaban J connectivity index is 2.35. The van der Waals surface area contributed by atoms with Crippen molar-refractivity contribution < 1.29 is 9.63 Å². The van der Waals surface area contributed by atoms with Gasteiger partial charge in [-0.05, 0) is 19.1 Å². The Hall–Kier alpha value is -0.620. The molecule has 1 amide bonds. The predicted octanol–water partition coefficient (Wildman–Crippen LogP) is 1.47. The third-order valence-electron chi connectivity index (χ3n) is 1.50. The van der Waals surface area contributed by atoms with E-state index >= 15 is 0 Å². The van der Waals surface area contributed by atoms with E-state index in [9.17, 15) is 4.79 Å². The third-order valence-corrected chi connectivity index (χ3v) is 2.91. The van der Waals surface area contributed by atoms with Gasteiger partial charge in [0.2, 0.25) is 5.91 Å². The minimum Gasteiger partial charge on any atom is -0.368 e. The molecule has 14 heavy (non-hydrogen) atoms. The molecule has 3 N–H and O–H groups in total. The third kappa shape index (κ3) is 3.63. The van der Waals surface area contributed by atoms with Gasteiger partial charge < -0.3 is 5.73 Å². The topological polar surface area (TPSA) is 64.3 Å². The number of rotatable bonds is 5. The highest BCUT2D eigenvalue weighted by Crippen LogP contribution is 2.26. The van der Waals surface area contributed by atoms with Crippen LogP contribution in [0.2, 0.25) is 4.34 Å². The largest absolute Gasteiger partial charge is 0.368 e. The summed E-state index contributed by atoms with van der Waals surface area (Å²) < 4.78 is 0.726. The van der Waals surface area contributed by atoms with Crippen molar-refractivity contribution in [2.24, 2.45) is 5.73 Å². The maximum Gasteiger partial charge on any atom is 0.245 e. The van der Waals surface area contributed by atoms with Crippen LogP contribution in [-0.2, 0) is 9.63 Å². The second-order valence-corrected chi connectivity index (χ2v) is 4.48. The molecule has 1 unspecified atom stereocenters. The standard InChI is InChI=1S/C8H11ClN2O2S/c1-5(11-13-4-8(10)12)6-2-3-7(9)14-6/h2-3,5,11H,4H2,1H3,(H2,10,12). The van der Waals surface area contributed by atoms with Crippen LogP contribution in [0.5, 0.6) is 0 Å². The van der Waals surface area contributed by atoms with E-state index < -0.39 is 5.91 Å². The van der Waals surface area contributed by atoms with Gasteiger partial charge in [-0.3, -0.25) is 9.63 Å². The highest BCUT2D eigenvalue weighted by atomic mass is 35.5. The Kier molecular flexibility index (Phi) is 4.34. The van der Waals surface area contributed by atoms with Crippen molar-refractivity contribution in [2.45, 2.75) is 13.0 Å². The molecule has 1 heterocycles. The molecule has 0 aliphatic heterocycles. The van der Waals surface area contributed by atoms with Crippen LogP contribution in [0.4, 0.5) is 0 Å². The average Bonchev–Trinajstić information content (AvgIpc) is 2.51. The van der Waals surface area contributed by atoms with Crippen LogP contribution in [0.15, 0.2) is 12.1 Å². The lowest BCUT2D eigenvalue weighted by Crippen LogP contribution is -2.26. The van der Waals surface area contributed by atoms with Gasteiger partial charge >= 0.3 is 0 Å². The minimum atomic E-state index is -0.506. The summed E-state index contributed by atoms with van der Waals surface area (Å²) in [6.45, 7) is 1.77. The van der Waals surface area contributed by atoms with Crippen LogP contribution < -0.4 is 11.2 Å². The zero-order valence-electron chi connectivity index (χ0n) is 7.62. The number of amides is 1. The van der Waals surface area contributed by atoms with Crippen molar-refractivity contribution in [3.63, 3.8) is 0 Å². The fourth-order valence-electron chi connectivity index (χ4n) is 0.857. The molecule has 4 nitrogen and oxygen atoms in total. The fourth-order valence-corrected chi connectivity index (χ4v) is 1.91. The Labute approximate surface area is 91.0 Å². The number of hydroxylamine groups is 1. The van der Waals surface area contributed by atoms with E-state index in [1.54, 1.807) is 0 Å². The van der Waals surface area contributed by atoms with Crippen molar-refractivity contribution in [3.05, 3.63) is 21.3 Å². The molecule has 0 spiro atoms. The van der Waals surface area contributed by atoms with Crippen molar-refractivity contribution in [1.82, 2.24) is 5.48 Å². The van der Waals surface area contributed by atoms with E-state index in [4.69, 9.17) is 22.2 Å². The number of carbonyl (C=O) groups is 1. The van der Waals surface area contributed by atoms with Crippen molar-refractivity contribution >= 4 is 28.8 Å². The van der Waals surface area contributed by atoms with Crippen molar-refractivity contribution in [3.8, 4) is 0 Å². The monoisotopic (exact) mass is 234 g/mol. The van der Waals surface area contributed by atoms with E-state index in [1.165, 1.54) is 11.3 Å². The van der Waals surface area contributed by atoms with Gasteiger partial charge in [0.15, 0.2) is 0 Å². The Morgan fingerprint density at radius 1 is 1.79 bits per heavy atom. The first-order valence-corrected chi connectivity index (χ1v) is 5.20. The number of thiophene rings is 1. The smallest absolute Gasteiger partial charge is 0.245 e. The summed E-state index contributed by atoms with van der Waals surface area (Å²) in [6.07, 6.45) is 0. The maximum atomic E-state index is 10.4. The van der Waals surface area contributed by atoms with Gasteiger partial charge in [0.1, 0.15) is 6.61 Å². The quantitative estimate of drug-likeness (QED) is 0.759. The summed E-state index contributed by atoms with van der Waals surface area (Å²) in [7, 11) is 0. The summed E-state index contributed by atoms with van der Waals surface area (Å²) in [5, 5.41) is 0. The molecular weight excluding hydrogens is 224 g/mol. The van der Waals surface area contributed by atoms with E-state index in [-0.39, 0.29) is 12.6 Å². The number of hydrogen-bond acceptors (Lipinski definition) is 4. The molecule has 0 bridgehead atoms. The average molecular weight is 235 g/mol. The van der Waals surface area contributed by atoms with Crippen molar-refractivity contribution in [2.75, 3.05) is 6.61 Å². The van der Waals surface area contributed by atoms with Crippen molar-refractivity contribution in [1.29, 1.82) is 0 Å². The number of nitrogens with two attached hydrogens (primary N) is 1. The maximum absolute atomic E-state index is 10.4. The van der Waals surface area contributed by atoms with Crippen LogP contribution in [0.1, 0.15) is 17.8 Å². The molecule has 78 valence electrons. The molecule has 0 aromatic carbocycles. The lowest BCUT2D eigenvalue weighted by atomic mass is 10.3. The Morgan fingerprint density at radius 3 is 3.00 bits per heavy atom. The van der Waals surface area contributed by atoms with Gasteiger partial charge in [-0.25, -0.2) is 0 Å². The van der Waals surface area contributed by atoms with Gasteiger partial charge in [0.25, 0.3) is 0 Å². The summed E-state index contributed by atoms with van der Waals surface area (Å²) in [6, 6.07) is 3.71. The lowest BCUT2D eigenvalue weighted by Gasteiger charge is -2.10. The number of carbonyl (C=O) groups excluding carboxylic acids is 1. The van der Waals surface area contributed by atoms with Crippen LogP contribution in [0.3, 0.4) is 0 Å². The summed E-state index contributed by atoms with van der Waals surface area (Å²) in [4.78, 5) is 16.3. The van der Waals surface area contributed by atoms with Gasteiger partial charge in [-0.2, -0.15) is 5.48 Å². The normalized spacial score (nSPS) is 12.7. The zero-order chi connectivity index (χ0) is 10.6. The summed E-state index contributed by atoms with van der Waals surface area (Å²) in [5.41, 5.74) is 7.59. The zero-order valence-corrected chi connectivity index (χ0v) is 9.19. The van der Waals surface area contributed by atoms with E-state index in [0.717, 1.165) is 9.21 Å². The molecule has 0 saturated heterocycles. The number of primary amides is 1. The minimum absolute atomic E-state index is 0.00755. The first-order chi connectivity index (χ1) is 6.59. The summed E-state index contributed by atoms with van der Waals surface area (Å²) in [5.74, 6) is -0.506. The molecule has 0 aliphatic rings. The molecule has 1 rings (SSSR count). The molecule has 1 aromatic rings. The Bertz CT molecular complexity index is 316. The Morgan fingerprint density at radius 2 is 2.50 bits per heavy atom. The predicted molar refractivity (Wildman–Crippen MR) is 56.0 cm³/mol. The molecular formula is C8H11ClN2O2S. The highest BCUT2D eigenvalue weighted by molar-refractivity contribution is 7.16. The van der Waals surface area contributed by atoms with Gasteiger partial charge in [-0.1, -0.05) is 11.6 Å². The lowest BCUT2D eigenvalue weighted by molar-refractivity contribution is -0.125. The first kappa shape index (κ1) is 11.5. The molecule has 0 aliphatic carbocycles. The summed E-state index contributed by atoms with van der Waals surface area (Å²) >= 11 is 7.23. The van der Waals surface area contributed by atoms with E-state index in [0.29, 0.717) is 0 Å². The fraction of sp³-hybridized carbons (Fsp3) is 0.375. The molecule has 0 fully saturated rings. The van der Waals surface area contributed by atoms with Crippen LogP contribution in [0, 0.1) is 0 Å². The van der Waals surface area contributed by atoms with Crippen LogP contribution in [-0.4, -0.2) is 12.5 Å². The number of nitrogens with one attached hydrogen (secondary N) is 1. The number of halogens is 1. The second kappa shape index (κ2) is 5.31. The first-order valence-electron chi connectivity index (χ1n) is 4.00. The van der Waals surface area contributed by atoms with Crippen LogP contribution >= 0.6 is 22.9 Å². The van der Waals surface area contributed by atoms with Gasteiger partial charge in [-0.15, -0.1) is 11.3 Å². The van der Waals surface area contributed by atoms with Gasteiger partial charge in [0, 0.05) is 4.88 Å². The highest BCUT2D eigenvalue weighted by Gasteiger charge is 2.07.